The van der Waals surface area contributed by atoms with Gasteiger partial charge < -0.3 is 4.74 Å². The molecule has 0 heterocycles. The van der Waals surface area contributed by atoms with Crippen LogP contribution in [0.15, 0.2) is 41.3 Å². The van der Waals surface area contributed by atoms with Gasteiger partial charge in [0.25, 0.3) is 15.9 Å². The SMILES string of the molecule is CCCCCCCCCCCCc1cc(C)c(N(C)S(=O)(=O)c2ccc(OC)cc2)c(C(=O)N(C)O)c1. The second kappa shape index (κ2) is 15.0. The summed E-state index contributed by atoms with van der Waals surface area (Å²) in [5.74, 6) is -0.105. The maximum Gasteiger partial charge on any atom is 0.279 e. The zero-order chi connectivity index (χ0) is 27.4. The molecule has 0 fully saturated rings. The number of hydrogen-bond acceptors (Lipinski definition) is 5. The number of amides is 1. The van der Waals surface area contributed by atoms with Crippen molar-refractivity contribution in [2.45, 2.75) is 89.4 Å². The van der Waals surface area contributed by atoms with Crippen LogP contribution in [0.1, 0.15) is 92.6 Å². The number of aryl methyl sites for hydroxylation is 2. The fraction of sp³-hybridized carbons (Fsp3) is 0.552. The van der Waals surface area contributed by atoms with Crippen LogP contribution in [0.4, 0.5) is 5.69 Å². The maximum absolute atomic E-state index is 13.4. The van der Waals surface area contributed by atoms with E-state index in [4.69, 9.17) is 4.74 Å². The number of ether oxygens (including phenoxy) is 1. The summed E-state index contributed by atoms with van der Waals surface area (Å²) in [5.41, 5.74) is 2.04. The molecule has 1 N–H and O–H groups in total. The summed E-state index contributed by atoms with van der Waals surface area (Å²) < 4.78 is 33.0. The molecule has 0 bridgehead atoms. The molecule has 37 heavy (non-hydrogen) atoms. The first-order valence-electron chi connectivity index (χ1n) is 13.4. The number of unbranched alkanes of at least 4 members (excludes halogenated alkanes) is 9. The number of sulfonamides is 1. The highest BCUT2D eigenvalue weighted by atomic mass is 32.2. The molecule has 1 amide bonds. The van der Waals surface area contributed by atoms with Crippen molar-refractivity contribution >= 4 is 21.6 Å². The Morgan fingerprint density at radius 1 is 0.892 bits per heavy atom. The first-order valence-corrected chi connectivity index (χ1v) is 14.8. The molecule has 2 rings (SSSR count). The van der Waals surface area contributed by atoms with Crippen LogP contribution in [-0.2, 0) is 16.4 Å². The Hall–Kier alpha value is -2.58. The summed E-state index contributed by atoms with van der Waals surface area (Å²) in [6, 6.07) is 9.76. The average molecular weight is 533 g/mol. The van der Waals surface area contributed by atoms with Crippen molar-refractivity contribution < 1.29 is 23.2 Å². The fourth-order valence-corrected chi connectivity index (χ4v) is 5.88. The topological polar surface area (TPSA) is 87.2 Å². The number of anilines is 1. The van der Waals surface area contributed by atoms with Crippen LogP contribution in [0.3, 0.4) is 0 Å². The lowest BCUT2D eigenvalue weighted by atomic mass is 9.98. The first-order chi connectivity index (χ1) is 17.6. The molecule has 0 spiro atoms. The largest absolute Gasteiger partial charge is 0.497 e. The van der Waals surface area contributed by atoms with Crippen molar-refractivity contribution in [1.29, 1.82) is 0 Å². The van der Waals surface area contributed by atoms with Gasteiger partial charge in [-0.05, 0) is 61.2 Å². The summed E-state index contributed by atoms with van der Waals surface area (Å²) in [4.78, 5) is 13.0. The van der Waals surface area contributed by atoms with Gasteiger partial charge in [-0.3, -0.25) is 14.3 Å². The van der Waals surface area contributed by atoms with Gasteiger partial charge in [0.2, 0.25) is 0 Å². The predicted octanol–water partition coefficient (Wildman–Crippen LogP) is 6.75. The molecule has 0 aliphatic heterocycles. The fourth-order valence-electron chi connectivity index (χ4n) is 4.60. The second-order valence-corrected chi connectivity index (χ2v) is 11.7. The van der Waals surface area contributed by atoms with Crippen LogP contribution in [0.2, 0.25) is 0 Å². The molecule has 0 aliphatic carbocycles. The number of hydroxylamine groups is 2. The molecule has 2 aromatic rings. The van der Waals surface area contributed by atoms with Gasteiger partial charge in [-0.1, -0.05) is 70.8 Å². The minimum Gasteiger partial charge on any atom is -0.497 e. The number of hydrogen-bond donors (Lipinski definition) is 1. The van der Waals surface area contributed by atoms with E-state index in [2.05, 4.69) is 6.92 Å². The third-order valence-electron chi connectivity index (χ3n) is 6.74. The van der Waals surface area contributed by atoms with Gasteiger partial charge in [-0.25, -0.2) is 13.5 Å². The van der Waals surface area contributed by atoms with Crippen molar-refractivity contribution in [2.75, 3.05) is 25.5 Å². The van der Waals surface area contributed by atoms with Crippen molar-refractivity contribution in [3.05, 3.63) is 53.1 Å². The van der Waals surface area contributed by atoms with Crippen molar-refractivity contribution in [3.63, 3.8) is 0 Å². The van der Waals surface area contributed by atoms with Gasteiger partial charge in [0.05, 0.1) is 23.3 Å². The van der Waals surface area contributed by atoms with Gasteiger partial charge in [-0.2, -0.15) is 0 Å². The molecule has 7 nitrogen and oxygen atoms in total. The lowest BCUT2D eigenvalue weighted by Gasteiger charge is -2.25. The molecular weight excluding hydrogens is 488 g/mol. The summed E-state index contributed by atoms with van der Waals surface area (Å²) in [6.07, 6.45) is 13.2. The third kappa shape index (κ3) is 8.75. The number of benzene rings is 2. The molecule has 0 saturated heterocycles. The number of nitrogens with zero attached hydrogens (tertiary/aromatic N) is 2. The van der Waals surface area contributed by atoms with E-state index in [1.807, 2.05) is 6.07 Å². The number of rotatable bonds is 16. The average Bonchev–Trinajstić information content (AvgIpc) is 2.88. The predicted molar refractivity (Wildman–Crippen MR) is 149 cm³/mol. The zero-order valence-electron chi connectivity index (χ0n) is 23.1. The third-order valence-corrected chi connectivity index (χ3v) is 8.51. The van der Waals surface area contributed by atoms with Crippen LogP contribution >= 0.6 is 0 Å². The van der Waals surface area contributed by atoms with E-state index in [-0.39, 0.29) is 16.1 Å². The minimum atomic E-state index is -3.95. The molecule has 0 aliphatic rings. The highest BCUT2D eigenvalue weighted by molar-refractivity contribution is 7.92. The number of carbonyl (C=O) groups excluding carboxylic acids is 1. The maximum atomic E-state index is 13.4. The molecule has 0 aromatic heterocycles. The molecule has 0 radical (unpaired) electrons. The monoisotopic (exact) mass is 532 g/mol. The minimum absolute atomic E-state index is 0.0837. The molecule has 0 atom stereocenters. The van der Waals surface area contributed by atoms with Gasteiger partial charge in [-0.15, -0.1) is 0 Å². The van der Waals surface area contributed by atoms with Crippen LogP contribution in [0.5, 0.6) is 5.75 Å². The van der Waals surface area contributed by atoms with Crippen molar-refractivity contribution in [2.24, 2.45) is 0 Å². The Morgan fingerprint density at radius 3 is 1.95 bits per heavy atom. The molecule has 206 valence electrons. The Bertz CT molecular complexity index is 1100. The van der Waals surface area contributed by atoms with Gasteiger partial charge >= 0.3 is 0 Å². The highest BCUT2D eigenvalue weighted by Crippen LogP contribution is 2.32. The lowest BCUT2D eigenvalue weighted by molar-refractivity contribution is -0.0374. The molecule has 0 unspecified atom stereocenters. The van der Waals surface area contributed by atoms with E-state index in [1.165, 1.54) is 84.7 Å². The molecule has 2 aromatic carbocycles. The lowest BCUT2D eigenvalue weighted by Crippen LogP contribution is -2.31. The number of methoxy groups -OCH3 is 1. The van der Waals surface area contributed by atoms with E-state index in [0.717, 1.165) is 29.1 Å². The van der Waals surface area contributed by atoms with Crippen molar-refractivity contribution in [1.82, 2.24) is 5.06 Å². The molecular formula is C29H44N2O5S. The van der Waals surface area contributed by atoms with E-state index >= 15 is 0 Å². The van der Waals surface area contributed by atoms with Crippen LogP contribution in [0, 0.1) is 6.92 Å². The molecule has 8 heteroatoms. The van der Waals surface area contributed by atoms with Gasteiger partial charge in [0.1, 0.15) is 5.75 Å². The van der Waals surface area contributed by atoms with E-state index in [0.29, 0.717) is 16.4 Å². The van der Waals surface area contributed by atoms with Crippen molar-refractivity contribution in [3.8, 4) is 5.75 Å². The van der Waals surface area contributed by atoms with Crippen LogP contribution in [0.25, 0.3) is 0 Å². The quantitative estimate of drug-likeness (QED) is 0.147. The summed E-state index contributed by atoms with van der Waals surface area (Å²) >= 11 is 0. The normalized spacial score (nSPS) is 11.4. The summed E-state index contributed by atoms with van der Waals surface area (Å²) in [7, 11) is 0.240. The van der Waals surface area contributed by atoms with E-state index < -0.39 is 15.9 Å². The Balaban J connectivity index is 2.14. The smallest absolute Gasteiger partial charge is 0.279 e. The number of carbonyl (C=O) groups is 1. The van der Waals surface area contributed by atoms with Crippen LogP contribution in [-0.4, -0.2) is 45.8 Å². The van der Waals surface area contributed by atoms with E-state index in [1.54, 1.807) is 25.1 Å². The highest BCUT2D eigenvalue weighted by Gasteiger charge is 2.28. The summed E-state index contributed by atoms with van der Waals surface area (Å²) in [6.45, 7) is 4.03. The standard InChI is InChI=1S/C29H44N2O5S/c1-6-7-8-9-10-11-12-13-14-15-16-24-21-23(2)28(27(22-24)29(32)30(3)33)31(4)37(34,35)26-19-17-25(36-5)18-20-26/h17-22,33H,6-16H2,1-5H3. The second-order valence-electron chi connectivity index (χ2n) is 9.72. The summed E-state index contributed by atoms with van der Waals surface area (Å²) in [5, 5.41) is 10.4. The Kier molecular flexibility index (Phi) is 12.4. The Morgan fingerprint density at radius 2 is 1.43 bits per heavy atom. The van der Waals surface area contributed by atoms with E-state index in [9.17, 15) is 18.4 Å². The first kappa shape index (κ1) is 30.6. The Labute approximate surface area is 223 Å². The zero-order valence-corrected chi connectivity index (χ0v) is 23.9. The van der Waals surface area contributed by atoms with Gasteiger partial charge in [0.15, 0.2) is 0 Å². The molecule has 0 saturated carbocycles. The van der Waals surface area contributed by atoms with Crippen LogP contribution < -0.4 is 9.04 Å². The van der Waals surface area contributed by atoms with Gasteiger partial charge in [0, 0.05) is 14.1 Å².